The summed E-state index contributed by atoms with van der Waals surface area (Å²) < 4.78 is 11.2. The normalized spacial score (nSPS) is 14.5. The van der Waals surface area contributed by atoms with Gasteiger partial charge in [0.2, 0.25) is 5.88 Å². The molecule has 1 aliphatic rings. The van der Waals surface area contributed by atoms with Gasteiger partial charge in [-0.2, -0.15) is 0 Å². The Labute approximate surface area is 187 Å². The highest BCUT2D eigenvalue weighted by Crippen LogP contribution is 2.20. The van der Waals surface area contributed by atoms with E-state index in [2.05, 4.69) is 10.3 Å². The molecule has 1 atom stereocenters. The number of anilines is 1. The van der Waals surface area contributed by atoms with Crippen LogP contribution in [0.5, 0.6) is 5.88 Å². The van der Waals surface area contributed by atoms with Gasteiger partial charge >= 0.3 is 0 Å². The van der Waals surface area contributed by atoms with Gasteiger partial charge in [0.05, 0.1) is 18.8 Å². The van der Waals surface area contributed by atoms with E-state index in [1.807, 2.05) is 37.3 Å². The lowest BCUT2D eigenvalue weighted by Gasteiger charge is -2.27. The first-order valence-electron chi connectivity index (χ1n) is 10.6. The lowest BCUT2D eigenvalue weighted by Crippen LogP contribution is -2.40. The van der Waals surface area contributed by atoms with Crippen LogP contribution in [0.1, 0.15) is 39.3 Å². The van der Waals surface area contributed by atoms with Gasteiger partial charge in [0, 0.05) is 36.6 Å². The van der Waals surface area contributed by atoms with Crippen molar-refractivity contribution in [1.82, 2.24) is 9.88 Å². The fourth-order valence-corrected chi connectivity index (χ4v) is 3.44. The molecule has 0 unspecified atom stereocenters. The monoisotopic (exact) mass is 431 g/mol. The van der Waals surface area contributed by atoms with Gasteiger partial charge in [0.1, 0.15) is 6.10 Å². The van der Waals surface area contributed by atoms with Crippen molar-refractivity contribution in [1.29, 1.82) is 0 Å². The average molecular weight is 431 g/mol. The number of rotatable bonds is 6. The highest BCUT2D eigenvalue weighted by molar-refractivity contribution is 6.05. The zero-order valence-corrected chi connectivity index (χ0v) is 17.9. The van der Waals surface area contributed by atoms with Crippen LogP contribution in [0, 0.1) is 0 Å². The molecule has 0 spiro atoms. The molecule has 0 aliphatic carbocycles. The topological polar surface area (TPSA) is 80.8 Å². The third-order valence-corrected chi connectivity index (χ3v) is 5.23. The van der Waals surface area contributed by atoms with Crippen LogP contribution >= 0.6 is 0 Å². The number of amides is 2. The SMILES string of the molecule is C[C@H](Oc1ccc(C(=O)Nc2cccc(C(=O)N3CCOCC3)c2)cn1)c1ccccc1. The second-order valence-electron chi connectivity index (χ2n) is 7.50. The van der Waals surface area contributed by atoms with Crippen molar-refractivity contribution in [3.63, 3.8) is 0 Å². The highest BCUT2D eigenvalue weighted by atomic mass is 16.5. The molecule has 1 fully saturated rings. The minimum absolute atomic E-state index is 0.0693. The Morgan fingerprint density at radius 2 is 1.78 bits per heavy atom. The molecule has 164 valence electrons. The quantitative estimate of drug-likeness (QED) is 0.639. The smallest absolute Gasteiger partial charge is 0.257 e. The maximum atomic E-state index is 12.7. The third kappa shape index (κ3) is 5.31. The first kappa shape index (κ1) is 21.5. The van der Waals surface area contributed by atoms with Crippen LogP contribution in [-0.2, 0) is 4.74 Å². The van der Waals surface area contributed by atoms with E-state index in [0.717, 1.165) is 5.56 Å². The Morgan fingerprint density at radius 3 is 2.50 bits per heavy atom. The van der Waals surface area contributed by atoms with Crippen LogP contribution in [0.15, 0.2) is 72.9 Å². The summed E-state index contributed by atoms with van der Waals surface area (Å²) in [6.07, 6.45) is 1.32. The van der Waals surface area contributed by atoms with Gasteiger partial charge in [-0.1, -0.05) is 36.4 Å². The predicted octanol–water partition coefficient (Wildman–Crippen LogP) is 3.95. The summed E-state index contributed by atoms with van der Waals surface area (Å²) in [7, 11) is 0. The van der Waals surface area contributed by atoms with Gasteiger partial charge in [-0.3, -0.25) is 9.59 Å². The Hall–Kier alpha value is -3.71. The standard InChI is InChI=1S/C25H25N3O4/c1-18(19-6-3-2-4-7-19)32-23-11-10-21(17-26-23)24(29)27-22-9-5-8-20(16-22)25(30)28-12-14-31-15-13-28/h2-11,16-18H,12-15H2,1H3,(H,27,29)/t18-/m0/s1. The minimum atomic E-state index is -0.309. The van der Waals surface area contributed by atoms with Gasteiger partial charge < -0.3 is 19.7 Å². The molecule has 0 radical (unpaired) electrons. The number of aromatic nitrogens is 1. The summed E-state index contributed by atoms with van der Waals surface area (Å²) in [4.78, 5) is 31.3. The largest absolute Gasteiger partial charge is 0.470 e. The van der Waals surface area contributed by atoms with E-state index in [1.165, 1.54) is 6.20 Å². The summed E-state index contributed by atoms with van der Waals surface area (Å²) in [5.74, 6) is 0.0623. The molecule has 0 bridgehead atoms. The molecule has 1 aliphatic heterocycles. The van der Waals surface area contributed by atoms with E-state index in [9.17, 15) is 9.59 Å². The molecule has 2 aromatic carbocycles. The number of pyridine rings is 1. The van der Waals surface area contributed by atoms with Crippen molar-refractivity contribution in [3.05, 3.63) is 89.6 Å². The number of nitrogens with one attached hydrogen (secondary N) is 1. The summed E-state index contributed by atoms with van der Waals surface area (Å²) in [5, 5.41) is 2.83. The predicted molar refractivity (Wildman–Crippen MR) is 121 cm³/mol. The number of hydrogen-bond donors (Lipinski definition) is 1. The molecule has 7 heteroatoms. The van der Waals surface area contributed by atoms with E-state index in [4.69, 9.17) is 9.47 Å². The summed E-state index contributed by atoms with van der Waals surface area (Å²) in [6, 6.07) is 20.1. The van der Waals surface area contributed by atoms with Crippen molar-refractivity contribution in [2.75, 3.05) is 31.6 Å². The van der Waals surface area contributed by atoms with Crippen LogP contribution < -0.4 is 10.1 Å². The van der Waals surface area contributed by atoms with Gasteiger partial charge in [-0.15, -0.1) is 0 Å². The lowest BCUT2D eigenvalue weighted by molar-refractivity contribution is 0.0303. The number of hydrogen-bond acceptors (Lipinski definition) is 5. The summed E-state index contributed by atoms with van der Waals surface area (Å²) in [5.41, 5.74) is 2.52. The summed E-state index contributed by atoms with van der Waals surface area (Å²) >= 11 is 0. The molecule has 1 N–H and O–H groups in total. The fourth-order valence-electron chi connectivity index (χ4n) is 3.44. The second-order valence-corrected chi connectivity index (χ2v) is 7.50. The second kappa shape index (κ2) is 10.1. The van der Waals surface area contributed by atoms with E-state index >= 15 is 0 Å². The third-order valence-electron chi connectivity index (χ3n) is 5.23. The van der Waals surface area contributed by atoms with Crippen LogP contribution in [0.3, 0.4) is 0 Å². The van der Waals surface area contributed by atoms with Crippen LogP contribution in [-0.4, -0.2) is 48.0 Å². The maximum Gasteiger partial charge on any atom is 0.257 e. The van der Waals surface area contributed by atoms with Crippen molar-refractivity contribution < 1.29 is 19.1 Å². The molecular formula is C25H25N3O4. The Balaban J connectivity index is 1.38. The maximum absolute atomic E-state index is 12.7. The first-order valence-corrected chi connectivity index (χ1v) is 10.6. The van der Waals surface area contributed by atoms with Crippen molar-refractivity contribution in [2.45, 2.75) is 13.0 Å². The Bertz CT molecular complexity index is 1060. The van der Waals surface area contributed by atoms with Crippen molar-refractivity contribution in [2.24, 2.45) is 0 Å². The van der Waals surface area contributed by atoms with Gasteiger partial charge in [-0.25, -0.2) is 4.98 Å². The molecule has 1 aromatic heterocycles. The van der Waals surface area contributed by atoms with Crippen molar-refractivity contribution >= 4 is 17.5 Å². The molecule has 1 saturated heterocycles. The van der Waals surface area contributed by atoms with Crippen molar-refractivity contribution in [3.8, 4) is 5.88 Å². The summed E-state index contributed by atoms with van der Waals surface area (Å²) in [6.45, 7) is 4.16. The van der Waals surface area contributed by atoms with E-state index in [0.29, 0.717) is 49.0 Å². The van der Waals surface area contributed by atoms with Crippen LogP contribution in [0.4, 0.5) is 5.69 Å². The van der Waals surface area contributed by atoms with Crippen LogP contribution in [0.2, 0.25) is 0 Å². The van der Waals surface area contributed by atoms with Gasteiger partial charge in [0.25, 0.3) is 11.8 Å². The molecular weight excluding hydrogens is 406 g/mol. The van der Waals surface area contributed by atoms with E-state index in [1.54, 1.807) is 41.3 Å². The van der Waals surface area contributed by atoms with Gasteiger partial charge in [-0.05, 0) is 36.8 Å². The number of nitrogens with zero attached hydrogens (tertiary/aromatic N) is 2. The molecule has 2 amide bonds. The zero-order valence-electron chi connectivity index (χ0n) is 17.9. The molecule has 3 aromatic rings. The fraction of sp³-hybridized carbons (Fsp3) is 0.240. The molecule has 7 nitrogen and oxygen atoms in total. The lowest BCUT2D eigenvalue weighted by atomic mass is 10.1. The molecule has 32 heavy (non-hydrogen) atoms. The molecule has 2 heterocycles. The molecule has 0 saturated carbocycles. The molecule has 4 rings (SSSR count). The van der Waals surface area contributed by atoms with Gasteiger partial charge in [0.15, 0.2) is 0 Å². The van der Waals surface area contributed by atoms with E-state index < -0.39 is 0 Å². The number of ether oxygens (including phenoxy) is 2. The highest BCUT2D eigenvalue weighted by Gasteiger charge is 2.19. The number of carbonyl (C=O) groups is 2. The van der Waals surface area contributed by atoms with Crippen LogP contribution in [0.25, 0.3) is 0 Å². The Kier molecular flexibility index (Phi) is 6.77. The number of carbonyl (C=O) groups excluding carboxylic acids is 2. The zero-order chi connectivity index (χ0) is 22.3. The average Bonchev–Trinajstić information content (AvgIpc) is 2.85. The Morgan fingerprint density at radius 1 is 1.00 bits per heavy atom. The first-order chi connectivity index (χ1) is 15.6. The number of benzene rings is 2. The van der Waals surface area contributed by atoms with E-state index in [-0.39, 0.29) is 17.9 Å². The number of morpholine rings is 1. The minimum Gasteiger partial charge on any atom is -0.470 e.